The van der Waals surface area contributed by atoms with Crippen LogP contribution >= 0.6 is 0 Å². The molecule has 0 radical (unpaired) electrons. The van der Waals surface area contributed by atoms with Gasteiger partial charge >= 0.3 is 0 Å². The summed E-state index contributed by atoms with van der Waals surface area (Å²) < 4.78 is 6.16. The van der Waals surface area contributed by atoms with E-state index in [1.165, 1.54) is 44.1 Å². The lowest BCUT2D eigenvalue weighted by Gasteiger charge is -2.41. The van der Waals surface area contributed by atoms with Crippen molar-refractivity contribution in [3.63, 3.8) is 0 Å². The van der Waals surface area contributed by atoms with Crippen LogP contribution < -0.4 is 4.74 Å². The Balaban J connectivity index is 1.88. The van der Waals surface area contributed by atoms with Gasteiger partial charge in [-0.15, -0.1) is 0 Å². The molecule has 2 bridgehead atoms. The average molecular weight is 288 g/mol. The van der Waals surface area contributed by atoms with Crippen LogP contribution in [0.2, 0.25) is 0 Å². The van der Waals surface area contributed by atoms with Gasteiger partial charge in [0, 0.05) is 5.56 Å². The number of aromatic hydroxyl groups is 1. The van der Waals surface area contributed by atoms with Gasteiger partial charge in [0.25, 0.3) is 0 Å². The number of aryl methyl sites for hydroxylation is 1. The number of phenols is 1. The molecular weight excluding hydrogens is 260 g/mol. The quantitative estimate of drug-likeness (QED) is 0.756. The molecule has 3 unspecified atom stereocenters. The number of unbranched alkanes of at least 4 members (excludes halogenated alkanes) is 2. The second kappa shape index (κ2) is 6.29. The van der Waals surface area contributed by atoms with Gasteiger partial charge in [0.1, 0.15) is 11.5 Å². The van der Waals surface area contributed by atoms with Crippen LogP contribution in [0.3, 0.4) is 0 Å². The van der Waals surface area contributed by atoms with E-state index >= 15 is 0 Å². The summed E-state index contributed by atoms with van der Waals surface area (Å²) in [5, 5.41) is 10.5. The highest BCUT2D eigenvalue weighted by Crippen LogP contribution is 2.51. The molecule has 1 saturated carbocycles. The number of fused-ring (bicyclic) bond motifs is 4. The van der Waals surface area contributed by atoms with Gasteiger partial charge in [-0.3, -0.25) is 0 Å². The zero-order chi connectivity index (χ0) is 14.8. The maximum atomic E-state index is 10.5. The van der Waals surface area contributed by atoms with Crippen LogP contribution in [0.5, 0.6) is 11.5 Å². The van der Waals surface area contributed by atoms with Gasteiger partial charge in [0.2, 0.25) is 0 Å². The minimum Gasteiger partial charge on any atom is -0.508 e. The highest BCUT2D eigenvalue weighted by Gasteiger charge is 2.39. The van der Waals surface area contributed by atoms with E-state index in [1.54, 1.807) is 0 Å². The minimum absolute atomic E-state index is 0.371. The summed E-state index contributed by atoms with van der Waals surface area (Å²) in [4.78, 5) is 0. The molecule has 1 aromatic carbocycles. The molecule has 0 spiro atoms. The van der Waals surface area contributed by atoms with Crippen LogP contribution in [0.4, 0.5) is 0 Å². The number of hydrogen-bond donors (Lipinski definition) is 1. The summed E-state index contributed by atoms with van der Waals surface area (Å²) in [6.45, 7) is 4.50. The Hall–Kier alpha value is -1.18. The van der Waals surface area contributed by atoms with E-state index in [0.717, 1.165) is 24.2 Å². The second-order valence-electron chi connectivity index (χ2n) is 6.81. The molecule has 3 rings (SSSR count). The number of benzene rings is 1. The Labute approximate surface area is 128 Å². The molecule has 1 aliphatic carbocycles. The molecule has 1 aliphatic heterocycles. The minimum atomic E-state index is 0.371. The first-order valence-corrected chi connectivity index (χ1v) is 8.75. The lowest BCUT2D eigenvalue weighted by atomic mass is 9.71. The summed E-state index contributed by atoms with van der Waals surface area (Å²) >= 11 is 0. The Morgan fingerprint density at radius 1 is 1.19 bits per heavy atom. The molecule has 3 atom stereocenters. The second-order valence-corrected chi connectivity index (χ2v) is 6.81. The fourth-order valence-corrected chi connectivity index (χ4v) is 4.18. The molecule has 1 fully saturated rings. The first kappa shape index (κ1) is 14.7. The molecule has 1 N–H and O–H groups in total. The lowest BCUT2D eigenvalue weighted by Crippen LogP contribution is -2.34. The zero-order valence-corrected chi connectivity index (χ0v) is 13.4. The maximum absolute atomic E-state index is 10.5. The molecule has 2 nitrogen and oxygen atoms in total. The Morgan fingerprint density at radius 3 is 2.81 bits per heavy atom. The predicted octanol–water partition coefficient (Wildman–Crippen LogP) is 5.18. The summed E-state index contributed by atoms with van der Waals surface area (Å²) in [5.74, 6) is 2.66. The topological polar surface area (TPSA) is 29.5 Å². The van der Waals surface area contributed by atoms with Crippen molar-refractivity contribution in [1.82, 2.24) is 0 Å². The van der Waals surface area contributed by atoms with Gasteiger partial charge in [-0.2, -0.15) is 0 Å². The van der Waals surface area contributed by atoms with Crippen molar-refractivity contribution < 1.29 is 9.84 Å². The third-order valence-electron chi connectivity index (χ3n) is 5.38. The molecule has 2 heteroatoms. The number of phenolic OH excluding ortho intramolecular Hbond substituents is 1. The maximum Gasteiger partial charge on any atom is 0.127 e. The van der Waals surface area contributed by atoms with Gasteiger partial charge in [0.05, 0.1) is 6.10 Å². The molecule has 2 aliphatic rings. The van der Waals surface area contributed by atoms with Crippen LogP contribution in [0.15, 0.2) is 12.1 Å². The summed E-state index contributed by atoms with van der Waals surface area (Å²) in [6, 6.07) is 4.18. The highest BCUT2D eigenvalue weighted by atomic mass is 16.5. The van der Waals surface area contributed by atoms with Crippen molar-refractivity contribution in [2.75, 3.05) is 0 Å². The van der Waals surface area contributed by atoms with E-state index in [9.17, 15) is 5.11 Å². The van der Waals surface area contributed by atoms with Crippen LogP contribution in [-0.2, 0) is 6.42 Å². The van der Waals surface area contributed by atoms with Gasteiger partial charge < -0.3 is 9.84 Å². The number of ether oxygens (including phenoxy) is 1. The van der Waals surface area contributed by atoms with Crippen molar-refractivity contribution in [3.8, 4) is 11.5 Å². The SMILES string of the molecule is CCCCCc1cc(O)c2c(c1)OC1CCC(CC)C2C1. The van der Waals surface area contributed by atoms with Crippen LogP contribution in [0.1, 0.15) is 75.8 Å². The Bertz CT molecular complexity index is 495. The first-order valence-electron chi connectivity index (χ1n) is 8.75. The van der Waals surface area contributed by atoms with E-state index < -0.39 is 0 Å². The van der Waals surface area contributed by atoms with Crippen molar-refractivity contribution >= 4 is 0 Å². The van der Waals surface area contributed by atoms with E-state index in [0.29, 0.717) is 23.7 Å². The third-order valence-corrected chi connectivity index (χ3v) is 5.38. The third kappa shape index (κ3) is 2.90. The van der Waals surface area contributed by atoms with Gasteiger partial charge in [-0.1, -0.05) is 33.1 Å². The van der Waals surface area contributed by atoms with E-state index in [1.807, 2.05) is 6.07 Å². The van der Waals surface area contributed by atoms with Crippen LogP contribution in [-0.4, -0.2) is 11.2 Å². The highest BCUT2D eigenvalue weighted by molar-refractivity contribution is 5.51. The normalized spacial score (nSPS) is 27.0. The zero-order valence-electron chi connectivity index (χ0n) is 13.4. The smallest absolute Gasteiger partial charge is 0.127 e. The van der Waals surface area contributed by atoms with E-state index in [-0.39, 0.29) is 0 Å². The summed E-state index contributed by atoms with van der Waals surface area (Å²) in [7, 11) is 0. The molecule has 1 aromatic rings. The molecule has 0 saturated heterocycles. The van der Waals surface area contributed by atoms with E-state index in [2.05, 4.69) is 19.9 Å². The van der Waals surface area contributed by atoms with E-state index in [4.69, 9.17) is 4.74 Å². The number of rotatable bonds is 5. The molecular formula is C19H28O2. The van der Waals surface area contributed by atoms with Crippen molar-refractivity contribution in [2.45, 2.75) is 77.2 Å². The van der Waals surface area contributed by atoms with Crippen molar-refractivity contribution in [1.29, 1.82) is 0 Å². The molecule has 0 aromatic heterocycles. The fraction of sp³-hybridized carbons (Fsp3) is 0.684. The lowest BCUT2D eigenvalue weighted by molar-refractivity contribution is 0.0864. The van der Waals surface area contributed by atoms with Gasteiger partial charge in [0.15, 0.2) is 0 Å². The van der Waals surface area contributed by atoms with Crippen molar-refractivity contribution in [2.24, 2.45) is 5.92 Å². The van der Waals surface area contributed by atoms with Gasteiger partial charge in [-0.25, -0.2) is 0 Å². The van der Waals surface area contributed by atoms with Crippen molar-refractivity contribution in [3.05, 3.63) is 23.3 Å². The summed E-state index contributed by atoms with van der Waals surface area (Å²) in [6.07, 6.45) is 9.80. The fourth-order valence-electron chi connectivity index (χ4n) is 4.18. The molecule has 116 valence electrons. The van der Waals surface area contributed by atoms with Crippen LogP contribution in [0, 0.1) is 5.92 Å². The monoisotopic (exact) mass is 288 g/mol. The molecule has 0 amide bonds. The predicted molar refractivity (Wildman–Crippen MR) is 86.1 cm³/mol. The largest absolute Gasteiger partial charge is 0.508 e. The Kier molecular flexibility index (Phi) is 4.42. The van der Waals surface area contributed by atoms with Crippen LogP contribution in [0.25, 0.3) is 0 Å². The average Bonchev–Trinajstić information content (AvgIpc) is 2.47. The molecule has 1 heterocycles. The standard InChI is InChI=1S/C19H28O2/c1-3-5-6-7-13-10-17(20)19-16-12-15(21-18(19)11-13)9-8-14(16)4-2/h10-11,14-16,20H,3-9,12H2,1-2H3. The molecule has 21 heavy (non-hydrogen) atoms. The summed E-state index contributed by atoms with van der Waals surface area (Å²) in [5.41, 5.74) is 2.32. The Morgan fingerprint density at radius 2 is 2.05 bits per heavy atom. The number of hydrogen-bond acceptors (Lipinski definition) is 2. The first-order chi connectivity index (χ1) is 10.2. The van der Waals surface area contributed by atoms with Gasteiger partial charge in [-0.05, 0) is 61.6 Å².